The molecule has 0 saturated carbocycles. The van der Waals surface area contributed by atoms with Crippen LogP contribution in [0.4, 0.5) is 0 Å². The summed E-state index contributed by atoms with van der Waals surface area (Å²) in [7, 11) is 0. The molecule has 0 unspecified atom stereocenters. The molecule has 0 radical (unpaired) electrons. The molecule has 0 aliphatic carbocycles. The molecule has 19 heavy (non-hydrogen) atoms. The molecule has 0 aromatic rings. The van der Waals surface area contributed by atoms with Crippen LogP contribution in [0.3, 0.4) is 0 Å². The molecule has 0 saturated heterocycles. The zero-order valence-electron chi connectivity index (χ0n) is 13.8. The SMILES string of the molecule is CCCCCCCCC=[CH][AlH][CH2]CCCCCCC. The highest BCUT2D eigenvalue weighted by molar-refractivity contribution is 6.41. The van der Waals surface area contributed by atoms with Crippen molar-refractivity contribution in [3.05, 3.63) is 11.0 Å². The Kier molecular flexibility index (Phi) is 18.5. The zero-order chi connectivity index (χ0) is 14.0. The molecule has 0 rings (SSSR count). The van der Waals surface area contributed by atoms with Gasteiger partial charge in [-0.1, -0.05) is 89.8 Å². The minimum Gasteiger partial charge on any atom is -0.152 e. The fraction of sp³-hybridized carbons (Fsp3) is 0.889. The van der Waals surface area contributed by atoms with Crippen molar-refractivity contribution in [2.24, 2.45) is 0 Å². The normalized spacial score (nSPS) is 11.3. The van der Waals surface area contributed by atoms with E-state index in [-0.39, 0.29) is 15.2 Å². The Morgan fingerprint density at radius 2 is 1.16 bits per heavy atom. The summed E-state index contributed by atoms with van der Waals surface area (Å²) in [6.07, 6.45) is 21.1. The minimum absolute atomic E-state index is 0.144. The third-order valence-corrected chi connectivity index (χ3v) is 5.44. The second-order valence-electron chi connectivity index (χ2n) is 5.94. The molecule has 0 aliphatic heterocycles. The number of unbranched alkanes of at least 4 members (excludes halogenated alkanes) is 11. The molecule has 0 bridgehead atoms. The maximum Gasteiger partial charge on any atom is 0.269 e. The van der Waals surface area contributed by atoms with Gasteiger partial charge in [-0.05, 0) is 12.8 Å². The molecule has 0 amide bonds. The lowest BCUT2D eigenvalue weighted by Crippen LogP contribution is -1.85. The van der Waals surface area contributed by atoms with E-state index in [1.165, 1.54) is 83.5 Å². The lowest BCUT2D eigenvalue weighted by atomic mass is 10.1. The number of hydrogen-bond donors (Lipinski definition) is 0. The molecular formula is C18H37Al. The summed E-state index contributed by atoms with van der Waals surface area (Å²) in [5.74, 6) is 0. The van der Waals surface area contributed by atoms with Crippen molar-refractivity contribution in [3.8, 4) is 0 Å². The van der Waals surface area contributed by atoms with Crippen molar-refractivity contribution >= 4 is 15.2 Å². The molecule has 0 N–H and O–H groups in total. The van der Waals surface area contributed by atoms with Gasteiger partial charge in [-0.25, -0.2) is 0 Å². The first-order chi connectivity index (χ1) is 9.41. The standard InChI is InChI=1S/C10H19.C8H17.Al.H/c1-3-5-7-9-10-8-6-4-2;1-3-5-7-8-6-4-2;;/h1,3H,4-10H2,2H3;1,3-8H2,2H3;;. The average Bonchev–Trinajstić information content (AvgIpc) is 2.43. The van der Waals surface area contributed by atoms with Gasteiger partial charge in [0, 0.05) is 0 Å². The Balaban J connectivity index is 3.01. The fourth-order valence-electron chi connectivity index (χ4n) is 2.50. The maximum atomic E-state index is 2.55. The van der Waals surface area contributed by atoms with Crippen molar-refractivity contribution in [2.45, 2.75) is 103 Å². The molecule has 1 heteroatoms. The Labute approximate surface area is 129 Å². The minimum atomic E-state index is 0.144. The van der Waals surface area contributed by atoms with Crippen molar-refractivity contribution < 1.29 is 0 Å². The highest BCUT2D eigenvalue weighted by Gasteiger charge is 1.92. The van der Waals surface area contributed by atoms with E-state index < -0.39 is 0 Å². The molecular weight excluding hydrogens is 243 g/mol. The first kappa shape index (κ1) is 19.3. The quantitative estimate of drug-likeness (QED) is 0.238. The van der Waals surface area contributed by atoms with Gasteiger partial charge in [0.15, 0.2) is 0 Å². The van der Waals surface area contributed by atoms with E-state index in [1.807, 2.05) is 0 Å². The van der Waals surface area contributed by atoms with Crippen molar-refractivity contribution in [1.82, 2.24) is 0 Å². The molecule has 0 aromatic heterocycles. The molecule has 0 heterocycles. The molecule has 0 spiro atoms. The van der Waals surface area contributed by atoms with Crippen molar-refractivity contribution in [1.29, 1.82) is 0 Å². The van der Waals surface area contributed by atoms with Crippen LogP contribution in [0.5, 0.6) is 0 Å². The number of rotatable bonds is 15. The van der Waals surface area contributed by atoms with Crippen LogP contribution < -0.4 is 0 Å². The summed E-state index contributed by atoms with van der Waals surface area (Å²) >= 11 is 0.144. The van der Waals surface area contributed by atoms with Gasteiger partial charge in [0.2, 0.25) is 0 Å². The third-order valence-electron chi connectivity index (χ3n) is 3.87. The molecule has 0 atom stereocenters. The highest BCUT2D eigenvalue weighted by Crippen LogP contribution is 2.08. The summed E-state index contributed by atoms with van der Waals surface area (Å²) in [5, 5.41) is 1.54. The number of hydrogen-bond acceptors (Lipinski definition) is 0. The predicted octanol–water partition coefficient (Wildman–Crippen LogP) is 6.47. The first-order valence-electron chi connectivity index (χ1n) is 9.06. The van der Waals surface area contributed by atoms with Gasteiger partial charge >= 0.3 is 0 Å². The molecule has 112 valence electrons. The Morgan fingerprint density at radius 3 is 1.79 bits per heavy atom. The lowest BCUT2D eigenvalue weighted by molar-refractivity contribution is 0.611. The topological polar surface area (TPSA) is 0 Å². The van der Waals surface area contributed by atoms with Gasteiger partial charge in [0.05, 0.1) is 0 Å². The van der Waals surface area contributed by atoms with E-state index in [1.54, 1.807) is 5.28 Å². The molecule has 0 nitrogen and oxygen atoms in total. The maximum absolute atomic E-state index is 2.55. The summed E-state index contributed by atoms with van der Waals surface area (Å²) < 4.78 is 0. The van der Waals surface area contributed by atoms with Gasteiger partial charge < -0.3 is 0 Å². The largest absolute Gasteiger partial charge is 0.269 e. The summed E-state index contributed by atoms with van der Waals surface area (Å²) in [6.45, 7) is 4.58. The van der Waals surface area contributed by atoms with Crippen molar-refractivity contribution in [3.63, 3.8) is 0 Å². The third kappa shape index (κ3) is 18.3. The second-order valence-corrected chi connectivity index (χ2v) is 7.69. The van der Waals surface area contributed by atoms with Gasteiger partial charge in [-0.2, -0.15) is 4.94 Å². The van der Waals surface area contributed by atoms with E-state index in [0.29, 0.717) is 0 Å². The second kappa shape index (κ2) is 18.3. The Morgan fingerprint density at radius 1 is 0.632 bits per heavy atom. The van der Waals surface area contributed by atoms with Crippen LogP contribution in [0.2, 0.25) is 5.28 Å². The van der Waals surface area contributed by atoms with E-state index >= 15 is 0 Å². The predicted molar refractivity (Wildman–Crippen MR) is 92.5 cm³/mol. The summed E-state index contributed by atoms with van der Waals surface area (Å²) in [6, 6.07) is 0. The van der Waals surface area contributed by atoms with Gasteiger partial charge in [0.1, 0.15) is 0 Å². The Hall–Kier alpha value is 0.272. The van der Waals surface area contributed by atoms with E-state index in [4.69, 9.17) is 0 Å². The number of allylic oxidation sites excluding steroid dienone is 1. The monoisotopic (exact) mass is 280 g/mol. The molecule has 0 aliphatic rings. The zero-order valence-corrected chi connectivity index (χ0v) is 15.2. The lowest BCUT2D eigenvalue weighted by Gasteiger charge is -1.98. The smallest absolute Gasteiger partial charge is 0.152 e. The van der Waals surface area contributed by atoms with E-state index in [2.05, 4.69) is 24.9 Å². The van der Waals surface area contributed by atoms with Crippen LogP contribution >= 0.6 is 0 Å². The van der Waals surface area contributed by atoms with Crippen LogP contribution in [0.1, 0.15) is 97.3 Å². The van der Waals surface area contributed by atoms with E-state index in [0.717, 1.165) is 0 Å². The van der Waals surface area contributed by atoms with Gasteiger partial charge in [-0.3, -0.25) is 0 Å². The van der Waals surface area contributed by atoms with Crippen LogP contribution in [0, 0.1) is 0 Å². The fourth-order valence-corrected chi connectivity index (χ4v) is 3.85. The van der Waals surface area contributed by atoms with Crippen LogP contribution in [0.15, 0.2) is 11.0 Å². The average molecular weight is 280 g/mol. The van der Waals surface area contributed by atoms with Crippen LogP contribution in [-0.4, -0.2) is 15.2 Å². The first-order valence-corrected chi connectivity index (χ1v) is 10.9. The van der Waals surface area contributed by atoms with Crippen molar-refractivity contribution in [2.75, 3.05) is 0 Å². The summed E-state index contributed by atoms with van der Waals surface area (Å²) in [5.41, 5.74) is 0. The molecule has 0 fully saturated rings. The van der Waals surface area contributed by atoms with Crippen LogP contribution in [0.25, 0.3) is 0 Å². The van der Waals surface area contributed by atoms with Gasteiger partial charge in [-0.15, -0.1) is 6.08 Å². The van der Waals surface area contributed by atoms with Gasteiger partial charge in [0.25, 0.3) is 15.2 Å². The Bertz CT molecular complexity index is 175. The van der Waals surface area contributed by atoms with Crippen LogP contribution in [-0.2, 0) is 0 Å². The van der Waals surface area contributed by atoms with E-state index in [9.17, 15) is 0 Å². The highest BCUT2D eigenvalue weighted by atomic mass is 27.1. The molecule has 0 aromatic carbocycles. The summed E-state index contributed by atoms with van der Waals surface area (Å²) in [4.78, 5) is 2.55.